The molecule has 98 valence electrons. The lowest BCUT2D eigenvalue weighted by atomic mass is 10.3. The number of nitrogens with one attached hydrogen (secondary N) is 1. The SMILES string of the molecule is Cc1ccc(/C=C/C(=O)Nc2sccc2C(=O)O)s1. The Kier molecular flexibility index (Phi) is 4.13. The van der Waals surface area contributed by atoms with Gasteiger partial charge < -0.3 is 10.4 Å². The van der Waals surface area contributed by atoms with Crippen molar-refractivity contribution in [3.05, 3.63) is 45.0 Å². The molecule has 0 unspecified atom stereocenters. The third kappa shape index (κ3) is 3.52. The maximum absolute atomic E-state index is 11.7. The minimum Gasteiger partial charge on any atom is -0.478 e. The molecule has 2 heterocycles. The van der Waals surface area contributed by atoms with Crippen LogP contribution in [0.3, 0.4) is 0 Å². The van der Waals surface area contributed by atoms with E-state index in [0.717, 1.165) is 4.88 Å². The molecular weight excluding hydrogens is 282 g/mol. The standard InChI is InChI=1S/C13H11NO3S2/c1-8-2-3-9(19-8)4-5-11(15)14-12-10(13(16)17)6-7-18-12/h2-7H,1H3,(H,14,15)(H,16,17)/b5-4+. The number of rotatable bonds is 4. The molecule has 0 saturated carbocycles. The fraction of sp³-hybridized carbons (Fsp3) is 0.0769. The lowest BCUT2D eigenvalue weighted by Gasteiger charge is -1.99. The maximum Gasteiger partial charge on any atom is 0.338 e. The number of thiophene rings is 2. The van der Waals surface area contributed by atoms with E-state index in [4.69, 9.17) is 5.11 Å². The molecule has 6 heteroatoms. The molecule has 4 nitrogen and oxygen atoms in total. The number of aromatic carboxylic acids is 1. The van der Waals surface area contributed by atoms with E-state index in [1.807, 2.05) is 19.1 Å². The summed E-state index contributed by atoms with van der Waals surface area (Å²) in [6.07, 6.45) is 3.11. The van der Waals surface area contributed by atoms with E-state index < -0.39 is 5.97 Å². The maximum atomic E-state index is 11.7. The van der Waals surface area contributed by atoms with E-state index in [9.17, 15) is 9.59 Å². The Morgan fingerprint density at radius 3 is 2.74 bits per heavy atom. The average Bonchev–Trinajstić information content (AvgIpc) is 2.95. The van der Waals surface area contributed by atoms with Crippen molar-refractivity contribution >= 4 is 45.6 Å². The van der Waals surface area contributed by atoms with Crippen LogP contribution >= 0.6 is 22.7 Å². The van der Waals surface area contributed by atoms with Gasteiger partial charge in [-0.3, -0.25) is 4.79 Å². The minimum atomic E-state index is -1.05. The normalized spacial score (nSPS) is 10.8. The van der Waals surface area contributed by atoms with Crippen LogP contribution in [0.25, 0.3) is 6.08 Å². The van der Waals surface area contributed by atoms with Crippen molar-refractivity contribution in [2.75, 3.05) is 5.32 Å². The largest absolute Gasteiger partial charge is 0.478 e. The average molecular weight is 293 g/mol. The van der Waals surface area contributed by atoms with Crippen LogP contribution in [0, 0.1) is 6.92 Å². The molecule has 2 rings (SSSR count). The zero-order chi connectivity index (χ0) is 13.8. The molecule has 2 aromatic heterocycles. The molecule has 1 amide bonds. The van der Waals surface area contributed by atoms with Gasteiger partial charge in [-0.05, 0) is 36.6 Å². The van der Waals surface area contributed by atoms with E-state index in [-0.39, 0.29) is 11.5 Å². The lowest BCUT2D eigenvalue weighted by Crippen LogP contribution is -2.09. The van der Waals surface area contributed by atoms with Crippen molar-refractivity contribution in [2.24, 2.45) is 0 Å². The Balaban J connectivity index is 2.03. The summed E-state index contributed by atoms with van der Waals surface area (Å²) < 4.78 is 0. The lowest BCUT2D eigenvalue weighted by molar-refractivity contribution is -0.111. The zero-order valence-corrected chi connectivity index (χ0v) is 11.7. The van der Waals surface area contributed by atoms with Gasteiger partial charge in [0.05, 0.1) is 5.56 Å². The predicted molar refractivity (Wildman–Crippen MR) is 78.0 cm³/mol. The van der Waals surface area contributed by atoms with E-state index >= 15 is 0 Å². The smallest absolute Gasteiger partial charge is 0.338 e. The first kappa shape index (κ1) is 13.5. The monoisotopic (exact) mass is 293 g/mol. The van der Waals surface area contributed by atoms with Gasteiger partial charge in [-0.1, -0.05) is 0 Å². The van der Waals surface area contributed by atoms with Crippen molar-refractivity contribution in [1.29, 1.82) is 0 Å². The van der Waals surface area contributed by atoms with Crippen LogP contribution in [0.1, 0.15) is 20.1 Å². The summed E-state index contributed by atoms with van der Waals surface area (Å²) in [4.78, 5) is 24.7. The van der Waals surface area contributed by atoms with E-state index in [2.05, 4.69) is 5.32 Å². The van der Waals surface area contributed by atoms with E-state index in [1.165, 1.54) is 28.4 Å². The topological polar surface area (TPSA) is 66.4 Å². The van der Waals surface area contributed by atoms with Crippen LogP contribution in [-0.4, -0.2) is 17.0 Å². The molecule has 0 radical (unpaired) electrons. The molecule has 0 bridgehead atoms. The molecule has 0 fully saturated rings. The number of carbonyl (C=O) groups excluding carboxylic acids is 1. The number of amides is 1. The van der Waals surface area contributed by atoms with Gasteiger partial charge in [0, 0.05) is 15.8 Å². The Morgan fingerprint density at radius 2 is 2.11 bits per heavy atom. The van der Waals surface area contributed by atoms with E-state index in [1.54, 1.807) is 22.8 Å². The summed E-state index contributed by atoms with van der Waals surface area (Å²) in [5.74, 6) is -1.38. The van der Waals surface area contributed by atoms with E-state index in [0.29, 0.717) is 5.00 Å². The van der Waals surface area contributed by atoms with Gasteiger partial charge in [-0.25, -0.2) is 4.79 Å². The second-order valence-corrected chi connectivity index (χ2v) is 5.98. The van der Waals surface area contributed by atoms with Crippen LogP contribution in [0.4, 0.5) is 5.00 Å². The third-order valence-electron chi connectivity index (χ3n) is 2.29. The Morgan fingerprint density at radius 1 is 1.32 bits per heavy atom. The third-order valence-corrected chi connectivity index (χ3v) is 4.09. The molecule has 19 heavy (non-hydrogen) atoms. The molecule has 0 aliphatic rings. The minimum absolute atomic E-state index is 0.110. The van der Waals surface area contributed by atoms with Crippen molar-refractivity contribution in [3.8, 4) is 0 Å². The number of aryl methyl sites for hydroxylation is 1. The molecular formula is C13H11NO3S2. The quantitative estimate of drug-likeness (QED) is 0.848. The highest BCUT2D eigenvalue weighted by molar-refractivity contribution is 7.14. The number of carboxylic acid groups (broad SMARTS) is 1. The summed E-state index contributed by atoms with van der Waals surface area (Å²) in [6.45, 7) is 1.99. The van der Waals surface area contributed by atoms with Crippen molar-refractivity contribution in [3.63, 3.8) is 0 Å². The molecule has 2 aromatic rings. The number of hydrogen-bond acceptors (Lipinski definition) is 4. The van der Waals surface area contributed by atoms with Gasteiger partial charge >= 0.3 is 5.97 Å². The first-order chi connectivity index (χ1) is 9.06. The summed E-state index contributed by atoms with van der Waals surface area (Å²) >= 11 is 2.78. The molecule has 0 atom stereocenters. The Hall–Kier alpha value is -1.92. The van der Waals surface area contributed by atoms with Crippen LogP contribution in [0.2, 0.25) is 0 Å². The fourth-order valence-electron chi connectivity index (χ4n) is 1.43. The fourth-order valence-corrected chi connectivity index (χ4v) is 2.99. The van der Waals surface area contributed by atoms with Crippen LogP contribution in [-0.2, 0) is 4.79 Å². The first-order valence-electron chi connectivity index (χ1n) is 5.42. The molecule has 0 aromatic carbocycles. The second kappa shape index (κ2) is 5.81. The first-order valence-corrected chi connectivity index (χ1v) is 7.12. The highest BCUT2D eigenvalue weighted by atomic mass is 32.1. The molecule has 2 N–H and O–H groups in total. The number of anilines is 1. The van der Waals surface area contributed by atoms with Gasteiger partial charge in [0.25, 0.3) is 0 Å². The zero-order valence-electron chi connectivity index (χ0n) is 10.0. The molecule has 0 saturated heterocycles. The highest BCUT2D eigenvalue weighted by Crippen LogP contribution is 2.23. The number of hydrogen-bond donors (Lipinski definition) is 2. The number of carbonyl (C=O) groups is 2. The van der Waals surface area contributed by atoms with Crippen LogP contribution in [0.5, 0.6) is 0 Å². The van der Waals surface area contributed by atoms with Crippen LogP contribution in [0.15, 0.2) is 29.7 Å². The van der Waals surface area contributed by atoms with Crippen molar-refractivity contribution < 1.29 is 14.7 Å². The highest BCUT2D eigenvalue weighted by Gasteiger charge is 2.12. The predicted octanol–water partition coefficient (Wildman–Crippen LogP) is 3.47. The molecule has 0 aliphatic heterocycles. The summed E-state index contributed by atoms with van der Waals surface area (Å²) in [7, 11) is 0. The van der Waals surface area contributed by atoms with Crippen molar-refractivity contribution in [1.82, 2.24) is 0 Å². The summed E-state index contributed by atoms with van der Waals surface area (Å²) in [5, 5.41) is 13.5. The second-order valence-electron chi connectivity index (χ2n) is 3.74. The Labute approximate surface area is 118 Å². The van der Waals surface area contributed by atoms with Crippen molar-refractivity contribution in [2.45, 2.75) is 6.92 Å². The van der Waals surface area contributed by atoms with Crippen LogP contribution < -0.4 is 5.32 Å². The van der Waals surface area contributed by atoms with Gasteiger partial charge in [-0.15, -0.1) is 22.7 Å². The molecule has 0 aliphatic carbocycles. The summed E-state index contributed by atoms with van der Waals surface area (Å²) in [5.41, 5.74) is 0.110. The number of carboxylic acids is 1. The van der Waals surface area contributed by atoms with Gasteiger partial charge in [0.15, 0.2) is 0 Å². The van der Waals surface area contributed by atoms with Gasteiger partial charge in [0.2, 0.25) is 5.91 Å². The molecule has 0 spiro atoms. The van der Waals surface area contributed by atoms with Gasteiger partial charge in [0.1, 0.15) is 5.00 Å². The summed E-state index contributed by atoms with van der Waals surface area (Å²) in [6, 6.07) is 5.37. The van der Waals surface area contributed by atoms with Gasteiger partial charge in [-0.2, -0.15) is 0 Å². The Bertz CT molecular complexity index is 640.